The fourth-order valence-corrected chi connectivity index (χ4v) is 3.09. The lowest BCUT2D eigenvalue weighted by Crippen LogP contribution is -2.47. The molecule has 1 unspecified atom stereocenters. The van der Waals surface area contributed by atoms with Crippen LogP contribution >= 0.6 is 0 Å². The fourth-order valence-electron chi connectivity index (χ4n) is 3.09. The van der Waals surface area contributed by atoms with Crippen LogP contribution in [0.4, 0.5) is 0 Å². The summed E-state index contributed by atoms with van der Waals surface area (Å²) in [6, 6.07) is 16.0. The highest BCUT2D eigenvalue weighted by atomic mass is 16.3. The molecule has 0 spiro atoms. The predicted molar refractivity (Wildman–Crippen MR) is 77.6 cm³/mol. The van der Waals surface area contributed by atoms with Gasteiger partial charge in [-0.3, -0.25) is 0 Å². The zero-order valence-electron chi connectivity index (χ0n) is 11.1. The molecule has 0 aliphatic heterocycles. The first-order chi connectivity index (χ1) is 9.02. The average Bonchev–Trinajstić information content (AvgIpc) is 2.45. The Morgan fingerprint density at radius 3 is 1.95 bits per heavy atom. The first-order valence-corrected chi connectivity index (χ1v) is 6.42. The van der Waals surface area contributed by atoms with Crippen LogP contribution in [0.5, 0.6) is 0 Å². The fraction of sp³-hybridized carbons (Fsp3) is 0.222. The second-order valence-corrected chi connectivity index (χ2v) is 5.57. The van der Waals surface area contributed by atoms with Crippen LogP contribution in [0.1, 0.15) is 25.0 Å². The van der Waals surface area contributed by atoms with E-state index in [0.717, 1.165) is 22.3 Å². The molecule has 0 saturated carbocycles. The van der Waals surface area contributed by atoms with E-state index in [-0.39, 0.29) is 0 Å². The van der Waals surface area contributed by atoms with Gasteiger partial charge in [-0.1, -0.05) is 68.3 Å². The molecule has 1 aliphatic rings. The number of fused-ring (bicyclic) bond motifs is 3. The number of rotatable bonds is 0. The van der Waals surface area contributed by atoms with E-state index in [2.05, 4.69) is 12.0 Å². The molecule has 1 N–H and O–H groups in total. The van der Waals surface area contributed by atoms with Crippen LogP contribution in [0.2, 0.25) is 0 Å². The van der Waals surface area contributed by atoms with Crippen LogP contribution in [-0.2, 0) is 11.0 Å². The highest BCUT2D eigenvalue weighted by molar-refractivity contribution is 5.78. The summed E-state index contributed by atoms with van der Waals surface area (Å²) in [5, 5.41) is 11.1. The van der Waals surface area contributed by atoms with Gasteiger partial charge in [-0.2, -0.15) is 0 Å². The van der Waals surface area contributed by atoms with Gasteiger partial charge >= 0.3 is 0 Å². The third kappa shape index (κ3) is 1.35. The average molecular weight is 248 g/mol. The van der Waals surface area contributed by atoms with E-state index in [0.29, 0.717) is 0 Å². The van der Waals surface area contributed by atoms with Gasteiger partial charge in [0.15, 0.2) is 5.60 Å². The summed E-state index contributed by atoms with van der Waals surface area (Å²) in [5.41, 5.74) is 2.29. The summed E-state index contributed by atoms with van der Waals surface area (Å²) < 4.78 is 0. The Balaban J connectivity index is 2.47. The third-order valence-electron chi connectivity index (χ3n) is 4.32. The molecule has 0 saturated heterocycles. The third-order valence-corrected chi connectivity index (χ3v) is 4.32. The molecule has 0 heterocycles. The van der Waals surface area contributed by atoms with E-state index in [1.165, 1.54) is 0 Å². The van der Waals surface area contributed by atoms with Crippen LogP contribution in [-0.4, -0.2) is 5.11 Å². The number of terminal acetylenes is 1. The van der Waals surface area contributed by atoms with Crippen molar-refractivity contribution in [2.24, 2.45) is 0 Å². The molecule has 0 fully saturated rings. The van der Waals surface area contributed by atoms with Crippen molar-refractivity contribution in [2.75, 3.05) is 0 Å². The molecule has 2 aromatic carbocycles. The van der Waals surface area contributed by atoms with E-state index in [1.54, 1.807) is 0 Å². The second kappa shape index (κ2) is 3.73. The van der Waals surface area contributed by atoms with Gasteiger partial charge in [0.2, 0.25) is 0 Å². The minimum absolute atomic E-state index is 0.521. The molecule has 94 valence electrons. The van der Waals surface area contributed by atoms with Crippen LogP contribution < -0.4 is 0 Å². The Morgan fingerprint density at radius 2 is 1.37 bits per heavy atom. The Bertz CT molecular complexity index is 691. The highest BCUT2D eigenvalue weighted by Gasteiger charge is 2.50. The van der Waals surface area contributed by atoms with Gasteiger partial charge in [0.05, 0.1) is 0 Å². The minimum atomic E-state index is -1.28. The molecule has 1 nitrogen and oxygen atoms in total. The van der Waals surface area contributed by atoms with Gasteiger partial charge in [-0.15, -0.1) is 6.42 Å². The Kier molecular flexibility index (Phi) is 2.36. The van der Waals surface area contributed by atoms with Crippen molar-refractivity contribution in [3.8, 4) is 23.5 Å². The van der Waals surface area contributed by atoms with Crippen LogP contribution in [0, 0.1) is 12.3 Å². The quantitative estimate of drug-likeness (QED) is 0.708. The van der Waals surface area contributed by atoms with Crippen molar-refractivity contribution in [3.63, 3.8) is 0 Å². The maximum absolute atomic E-state index is 11.1. The lowest BCUT2D eigenvalue weighted by atomic mass is 9.60. The van der Waals surface area contributed by atoms with Crippen molar-refractivity contribution in [1.29, 1.82) is 0 Å². The van der Waals surface area contributed by atoms with Crippen LogP contribution in [0.25, 0.3) is 11.1 Å². The van der Waals surface area contributed by atoms with E-state index in [9.17, 15) is 5.11 Å². The van der Waals surface area contributed by atoms with Gasteiger partial charge in [0.25, 0.3) is 0 Å². The molecule has 19 heavy (non-hydrogen) atoms. The molecule has 1 heteroatoms. The number of aliphatic hydroxyl groups is 1. The van der Waals surface area contributed by atoms with Gasteiger partial charge in [0, 0.05) is 11.0 Å². The number of hydrogen-bond donors (Lipinski definition) is 1. The van der Waals surface area contributed by atoms with Crippen LogP contribution in [0.3, 0.4) is 0 Å². The van der Waals surface area contributed by atoms with Gasteiger partial charge < -0.3 is 5.11 Å². The minimum Gasteiger partial charge on any atom is -0.372 e. The molecule has 1 aliphatic carbocycles. The molecule has 1 atom stereocenters. The van der Waals surface area contributed by atoms with Gasteiger partial charge in [-0.05, 0) is 16.7 Å². The van der Waals surface area contributed by atoms with Crippen molar-refractivity contribution in [3.05, 3.63) is 59.7 Å². The summed E-state index contributed by atoms with van der Waals surface area (Å²) in [6.45, 7) is 4.00. The Morgan fingerprint density at radius 1 is 0.895 bits per heavy atom. The van der Waals surface area contributed by atoms with E-state index in [4.69, 9.17) is 6.42 Å². The zero-order valence-corrected chi connectivity index (χ0v) is 11.1. The maximum atomic E-state index is 11.1. The van der Waals surface area contributed by atoms with E-state index >= 15 is 0 Å². The van der Waals surface area contributed by atoms with Crippen molar-refractivity contribution < 1.29 is 5.11 Å². The first kappa shape index (κ1) is 12.0. The molecule has 2 aromatic rings. The van der Waals surface area contributed by atoms with E-state index in [1.807, 2.05) is 56.3 Å². The lowest BCUT2D eigenvalue weighted by Gasteiger charge is -2.45. The smallest absolute Gasteiger partial charge is 0.160 e. The molecular formula is C18H16O. The molecule has 0 bridgehead atoms. The van der Waals surface area contributed by atoms with Crippen molar-refractivity contribution in [1.82, 2.24) is 0 Å². The monoisotopic (exact) mass is 248 g/mol. The summed E-state index contributed by atoms with van der Waals surface area (Å²) in [6.07, 6.45) is 5.69. The largest absolute Gasteiger partial charge is 0.372 e. The Labute approximate surface area is 113 Å². The maximum Gasteiger partial charge on any atom is 0.160 e. The number of hydrogen-bond acceptors (Lipinski definition) is 1. The molecule has 3 rings (SSSR count). The molecule has 0 amide bonds. The Hall–Kier alpha value is -2.04. The first-order valence-electron chi connectivity index (χ1n) is 6.42. The molecular weight excluding hydrogens is 232 g/mol. The summed E-state index contributed by atoms with van der Waals surface area (Å²) >= 11 is 0. The summed E-state index contributed by atoms with van der Waals surface area (Å²) in [7, 11) is 0. The zero-order chi connectivity index (χ0) is 13.7. The summed E-state index contributed by atoms with van der Waals surface area (Å²) in [4.78, 5) is 0. The highest BCUT2D eigenvalue weighted by Crippen LogP contribution is 2.52. The van der Waals surface area contributed by atoms with Gasteiger partial charge in [0.1, 0.15) is 0 Å². The topological polar surface area (TPSA) is 20.2 Å². The van der Waals surface area contributed by atoms with Crippen molar-refractivity contribution in [2.45, 2.75) is 24.9 Å². The van der Waals surface area contributed by atoms with E-state index < -0.39 is 11.0 Å². The normalized spacial score (nSPS) is 23.1. The SMILES string of the molecule is C#CC1(O)c2ccccc2-c2ccccc2C1(C)C. The predicted octanol–water partition coefficient (Wildman–Crippen LogP) is 3.47. The lowest BCUT2D eigenvalue weighted by molar-refractivity contribution is 0.0247. The molecule has 0 radical (unpaired) electrons. The van der Waals surface area contributed by atoms with Crippen molar-refractivity contribution >= 4 is 0 Å². The second-order valence-electron chi connectivity index (χ2n) is 5.57. The van der Waals surface area contributed by atoms with Gasteiger partial charge in [-0.25, -0.2) is 0 Å². The standard InChI is InChI=1S/C18H16O/c1-4-18(19)16-12-8-6-10-14(16)13-9-5-7-11-15(13)17(18,2)3/h1,5-12,19H,2-3H3. The summed E-state index contributed by atoms with van der Waals surface area (Å²) in [5.74, 6) is 2.62. The number of benzene rings is 2. The van der Waals surface area contributed by atoms with Crippen LogP contribution in [0.15, 0.2) is 48.5 Å². The molecule has 0 aromatic heterocycles.